The van der Waals surface area contributed by atoms with E-state index in [-0.39, 0.29) is 21.9 Å². The second-order valence-corrected chi connectivity index (χ2v) is 9.67. The van der Waals surface area contributed by atoms with Crippen molar-refractivity contribution < 1.29 is 32.0 Å². The molecule has 3 aromatic rings. The molecule has 0 spiro atoms. The van der Waals surface area contributed by atoms with Gasteiger partial charge in [0.2, 0.25) is 10.0 Å². The summed E-state index contributed by atoms with van der Waals surface area (Å²) in [6.07, 6.45) is 3.04. The van der Waals surface area contributed by atoms with Crippen molar-refractivity contribution in [3.63, 3.8) is 0 Å². The Labute approximate surface area is 201 Å². The molecule has 2 N–H and O–H groups in total. The van der Waals surface area contributed by atoms with Crippen LogP contribution in [0.2, 0.25) is 0 Å². The Morgan fingerprint density at radius 2 is 1.63 bits per heavy atom. The quantitative estimate of drug-likeness (QED) is 0.457. The summed E-state index contributed by atoms with van der Waals surface area (Å²) in [5, 5.41) is 5.13. The minimum absolute atomic E-state index is 0.0664. The van der Waals surface area contributed by atoms with Gasteiger partial charge in [0.05, 0.1) is 22.4 Å². The van der Waals surface area contributed by atoms with E-state index in [2.05, 4.69) is 10.6 Å². The van der Waals surface area contributed by atoms with Gasteiger partial charge in [0.15, 0.2) is 12.4 Å². The molecule has 4 rings (SSSR count). The van der Waals surface area contributed by atoms with E-state index in [1.165, 1.54) is 53.0 Å². The standard InChI is InChI=1S/C24H23N3O7S/c28-22(25-17-9-11-18(12-10-17)35(31,32)27-13-3-4-14-27)16-34-24(30)19-6-1-2-7-20(19)26-23(29)21-8-5-15-33-21/h1-2,5-12,15H,3-4,13-14,16H2,(H,25,28)(H,26,29). The summed E-state index contributed by atoms with van der Waals surface area (Å²) >= 11 is 0. The average Bonchev–Trinajstić information content (AvgIpc) is 3.58. The van der Waals surface area contributed by atoms with Crippen LogP contribution in [0.15, 0.2) is 76.2 Å². The molecule has 1 aliphatic rings. The van der Waals surface area contributed by atoms with Crippen molar-refractivity contribution in [1.82, 2.24) is 4.31 Å². The molecule has 1 saturated heterocycles. The van der Waals surface area contributed by atoms with E-state index < -0.39 is 34.4 Å². The molecular formula is C24H23N3O7S. The molecule has 2 aromatic carbocycles. The summed E-state index contributed by atoms with van der Waals surface area (Å²) in [6.45, 7) is 0.427. The number of hydrogen-bond acceptors (Lipinski definition) is 7. The molecule has 2 amide bonds. The van der Waals surface area contributed by atoms with Gasteiger partial charge in [-0.3, -0.25) is 9.59 Å². The number of esters is 1. The number of carbonyl (C=O) groups excluding carboxylic acids is 3. The molecule has 11 heteroatoms. The van der Waals surface area contributed by atoms with Crippen LogP contribution in [0.4, 0.5) is 11.4 Å². The number of nitrogens with one attached hydrogen (secondary N) is 2. The molecule has 1 fully saturated rings. The van der Waals surface area contributed by atoms with Crippen LogP contribution in [0.5, 0.6) is 0 Å². The van der Waals surface area contributed by atoms with Gasteiger partial charge in [0.1, 0.15) is 0 Å². The van der Waals surface area contributed by atoms with Crippen LogP contribution in [0.25, 0.3) is 0 Å². The number of rotatable bonds is 8. The summed E-state index contributed by atoms with van der Waals surface area (Å²) in [5.41, 5.74) is 0.628. The lowest BCUT2D eigenvalue weighted by atomic mass is 10.1. The Hall–Kier alpha value is -3.96. The topological polar surface area (TPSA) is 135 Å². The monoisotopic (exact) mass is 497 g/mol. The summed E-state index contributed by atoms with van der Waals surface area (Å²) < 4.78 is 36.8. The van der Waals surface area contributed by atoms with Crippen molar-refractivity contribution in [3.05, 3.63) is 78.3 Å². The van der Waals surface area contributed by atoms with Crippen molar-refractivity contribution in [2.45, 2.75) is 17.7 Å². The van der Waals surface area contributed by atoms with Crippen LogP contribution in [0, 0.1) is 0 Å². The zero-order valence-corrected chi connectivity index (χ0v) is 19.4. The first-order valence-electron chi connectivity index (χ1n) is 10.9. The fraction of sp³-hybridized carbons (Fsp3) is 0.208. The first-order chi connectivity index (χ1) is 16.8. The van der Waals surface area contributed by atoms with E-state index in [9.17, 15) is 22.8 Å². The second-order valence-electron chi connectivity index (χ2n) is 7.74. The average molecular weight is 498 g/mol. The molecule has 0 saturated carbocycles. The lowest BCUT2D eigenvalue weighted by molar-refractivity contribution is -0.119. The normalized spacial score (nSPS) is 13.8. The van der Waals surface area contributed by atoms with Gasteiger partial charge in [-0.15, -0.1) is 0 Å². The third-order valence-corrected chi connectivity index (χ3v) is 7.23. The molecule has 1 aromatic heterocycles. The lowest BCUT2D eigenvalue weighted by Crippen LogP contribution is -2.27. The summed E-state index contributed by atoms with van der Waals surface area (Å²) in [5.74, 6) is -1.87. The van der Waals surface area contributed by atoms with Crippen molar-refractivity contribution >= 4 is 39.2 Å². The summed E-state index contributed by atoms with van der Waals surface area (Å²) in [7, 11) is -3.55. The van der Waals surface area contributed by atoms with E-state index in [1.54, 1.807) is 18.2 Å². The van der Waals surface area contributed by atoms with Crippen LogP contribution >= 0.6 is 0 Å². The minimum atomic E-state index is -3.55. The molecule has 0 atom stereocenters. The van der Waals surface area contributed by atoms with Crippen LogP contribution in [-0.2, 0) is 19.6 Å². The summed E-state index contributed by atoms with van der Waals surface area (Å²) in [6, 6.07) is 15.0. The molecule has 35 heavy (non-hydrogen) atoms. The molecular weight excluding hydrogens is 474 g/mol. The number of carbonyl (C=O) groups is 3. The Balaban J connectivity index is 1.33. The van der Waals surface area contributed by atoms with E-state index in [4.69, 9.17) is 9.15 Å². The van der Waals surface area contributed by atoms with Gasteiger partial charge in [-0.1, -0.05) is 12.1 Å². The highest BCUT2D eigenvalue weighted by atomic mass is 32.2. The van der Waals surface area contributed by atoms with Gasteiger partial charge in [-0.05, 0) is 61.4 Å². The highest BCUT2D eigenvalue weighted by Gasteiger charge is 2.27. The van der Waals surface area contributed by atoms with Crippen molar-refractivity contribution in [2.24, 2.45) is 0 Å². The molecule has 0 bridgehead atoms. The number of nitrogens with zero attached hydrogens (tertiary/aromatic N) is 1. The molecule has 0 unspecified atom stereocenters. The fourth-order valence-electron chi connectivity index (χ4n) is 3.56. The molecule has 0 radical (unpaired) electrons. The number of furan rings is 1. The number of benzene rings is 2. The molecule has 0 aliphatic carbocycles. The Morgan fingerprint density at radius 1 is 0.914 bits per heavy atom. The van der Waals surface area contributed by atoms with Gasteiger partial charge in [-0.2, -0.15) is 4.31 Å². The summed E-state index contributed by atoms with van der Waals surface area (Å²) in [4.78, 5) is 37.2. The molecule has 1 aliphatic heterocycles. The predicted molar refractivity (Wildman–Crippen MR) is 126 cm³/mol. The number of para-hydroxylation sites is 1. The second kappa shape index (κ2) is 10.5. The zero-order chi connectivity index (χ0) is 24.8. The maximum absolute atomic E-state index is 12.6. The maximum atomic E-state index is 12.6. The highest BCUT2D eigenvalue weighted by Crippen LogP contribution is 2.22. The van der Waals surface area contributed by atoms with Crippen LogP contribution in [0.1, 0.15) is 33.8 Å². The van der Waals surface area contributed by atoms with E-state index >= 15 is 0 Å². The third-order valence-electron chi connectivity index (χ3n) is 5.32. The number of sulfonamides is 1. The first kappa shape index (κ1) is 24.2. The van der Waals surface area contributed by atoms with E-state index in [0.717, 1.165) is 12.8 Å². The van der Waals surface area contributed by atoms with Crippen LogP contribution in [0.3, 0.4) is 0 Å². The number of amides is 2. The van der Waals surface area contributed by atoms with Crippen molar-refractivity contribution in [2.75, 3.05) is 30.3 Å². The minimum Gasteiger partial charge on any atom is -0.459 e. The highest BCUT2D eigenvalue weighted by molar-refractivity contribution is 7.89. The SMILES string of the molecule is O=C(COC(=O)c1ccccc1NC(=O)c1ccco1)Nc1ccc(S(=O)(=O)N2CCCC2)cc1. The molecule has 10 nitrogen and oxygen atoms in total. The van der Waals surface area contributed by atoms with Gasteiger partial charge in [0, 0.05) is 18.8 Å². The fourth-order valence-corrected chi connectivity index (χ4v) is 5.07. The maximum Gasteiger partial charge on any atom is 0.340 e. The number of hydrogen-bond donors (Lipinski definition) is 2. The van der Waals surface area contributed by atoms with Gasteiger partial charge >= 0.3 is 5.97 Å². The molecule has 2 heterocycles. The first-order valence-corrected chi connectivity index (χ1v) is 12.3. The lowest BCUT2D eigenvalue weighted by Gasteiger charge is -2.15. The predicted octanol–water partition coefficient (Wildman–Crippen LogP) is 3.11. The number of ether oxygens (including phenoxy) is 1. The smallest absolute Gasteiger partial charge is 0.340 e. The van der Waals surface area contributed by atoms with Crippen molar-refractivity contribution in [1.29, 1.82) is 0 Å². The zero-order valence-electron chi connectivity index (χ0n) is 18.6. The molecule has 182 valence electrons. The van der Waals surface area contributed by atoms with Gasteiger partial charge in [-0.25, -0.2) is 13.2 Å². The Kier molecular flexibility index (Phi) is 7.28. The largest absolute Gasteiger partial charge is 0.459 e. The number of anilines is 2. The van der Waals surface area contributed by atoms with E-state index in [0.29, 0.717) is 18.8 Å². The van der Waals surface area contributed by atoms with Crippen LogP contribution in [-0.4, -0.2) is 50.2 Å². The Bertz CT molecular complexity index is 1310. The van der Waals surface area contributed by atoms with Gasteiger partial charge in [0.25, 0.3) is 11.8 Å². The Morgan fingerprint density at radius 3 is 2.31 bits per heavy atom. The third kappa shape index (κ3) is 5.76. The van der Waals surface area contributed by atoms with Crippen LogP contribution < -0.4 is 10.6 Å². The van der Waals surface area contributed by atoms with Gasteiger partial charge < -0.3 is 19.8 Å². The van der Waals surface area contributed by atoms with Crippen molar-refractivity contribution in [3.8, 4) is 0 Å². The van der Waals surface area contributed by atoms with E-state index in [1.807, 2.05) is 0 Å².